The second-order valence-electron chi connectivity index (χ2n) is 6.71. The van der Waals surface area contributed by atoms with Crippen molar-refractivity contribution in [2.45, 2.75) is 24.1 Å². The van der Waals surface area contributed by atoms with Crippen LogP contribution in [0.1, 0.15) is 11.1 Å². The summed E-state index contributed by atoms with van der Waals surface area (Å²) in [6, 6.07) is 10.4. The van der Waals surface area contributed by atoms with Crippen LogP contribution in [0.4, 0.5) is 5.69 Å². The van der Waals surface area contributed by atoms with E-state index < -0.39 is 4.92 Å². The Morgan fingerprint density at radius 2 is 2.10 bits per heavy atom. The highest BCUT2D eigenvalue weighted by molar-refractivity contribution is 7.98. The van der Waals surface area contributed by atoms with E-state index in [9.17, 15) is 10.1 Å². The standard InChI is InChI=1S/C20H19ClN4O5S/c1-28-7-6-24-19(13-2-4-16(21)5-3-13)22-23-20(24)31-11-15-9-17(25(26)27)8-14-10-29-12-30-18(14)15/h2-5,8-9H,6-7,10-12H2,1H3. The zero-order chi connectivity index (χ0) is 21.8. The number of halogens is 1. The van der Waals surface area contributed by atoms with Gasteiger partial charge in [0.05, 0.1) is 24.7 Å². The maximum Gasteiger partial charge on any atom is 0.270 e. The first-order valence-corrected chi connectivity index (χ1v) is 10.7. The zero-order valence-electron chi connectivity index (χ0n) is 16.6. The molecule has 0 saturated heterocycles. The van der Waals surface area contributed by atoms with Gasteiger partial charge in [-0.2, -0.15) is 0 Å². The van der Waals surface area contributed by atoms with Gasteiger partial charge in [0.15, 0.2) is 17.8 Å². The zero-order valence-corrected chi connectivity index (χ0v) is 18.2. The fourth-order valence-electron chi connectivity index (χ4n) is 3.23. The van der Waals surface area contributed by atoms with Gasteiger partial charge in [-0.15, -0.1) is 10.2 Å². The first kappa shape index (κ1) is 21.6. The molecule has 0 atom stereocenters. The molecule has 0 unspecified atom stereocenters. The highest BCUT2D eigenvalue weighted by atomic mass is 35.5. The molecule has 162 valence electrons. The molecular formula is C20H19ClN4O5S. The first-order chi connectivity index (χ1) is 15.1. The molecule has 2 aromatic carbocycles. The van der Waals surface area contributed by atoms with Crippen LogP contribution in [-0.4, -0.2) is 40.2 Å². The summed E-state index contributed by atoms with van der Waals surface area (Å²) in [6.45, 7) is 1.44. The molecule has 1 aliphatic heterocycles. The molecule has 1 aromatic heterocycles. The Kier molecular flexibility index (Phi) is 6.71. The van der Waals surface area contributed by atoms with Crippen molar-refractivity contribution in [1.29, 1.82) is 0 Å². The van der Waals surface area contributed by atoms with E-state index in [1.807, 2.05) is 16.7 Å². The molecule has 0 spiro atoms. The molecule has 2 heterocycles. The normalized spacial score (nSPS) is 13.0. The van der Waals surface area contributed by atoms with Crippen molar-refractivity contribution in [3.63, 3.8) is 0 Å². The summed E-state index contributed by atoms with van der Waals surface area (Å²) in [5, 5.41) is 21.3. The number of nitrogens with zero attached hydrogens (tertiary/aromatic N) is 4. The fourth-order valence-corrected chi connectivity index (χ4v) is 4.29. The van der Waals surface area contributed by atoms with Crippen molar-refractivity contribution in [1.82, 2.24) is 14.8 Å². The molecule has 4 rings (SSSR count). The maximum atomic E-state index is 11.3. The molecule has 11 heteroatoms. The number of non-ortho nitro benzene ring substituents is 1. The van der Waals surface area contributed by atoms with Crippen LogP contribution in [0.25, 0.3) is 11.4 Å². The van der Waals surface area contributed by atoms with Crippen LogP contribution < -0.4 is 4.74 Å². The lowest BCUT2D eigenvalue weighted by Gasteiger charge is -2.20. The minimum atomic E-state index is -0.414. The number of ether oxygens (including phenoxy) is 3. The van der Waals surface area contributed by atoms with E-state index in [-0.39, 0.29) is 19.1 Å². The average molecular weight is 463 g/mol. The van der Waals surface area contributed by atoms with Gasteiger partial charge in [-0.1, -0.05) is 23.4 Å². The van der Waals surface area contributed by atoms with Crippen LogP contribution in [0.2, 0.25) is 5.02 Å². The Morgan fingerprint density at radius 3 is 2.84 bits per heavy atom. The average Bonchev–Trinajstić information content (AvgIpc) is 3.18. The number of aromatic nitrogens is 3. The Balaban J connectivity index is 1.63. The van der Waals surface area contributed by atoms with Crippen LogP contribution in [0, 0.1) is 10.1 Å². The molecule has 0 aliphatic carbocycles. The fraction of sp³-hybridized carbons (Fsp3) is 0.300. The Morgan fingerprint density at radius 1 is 1.29 bits per heavy atom. The van der Waals surface area contributed by atoms with E-state index in [2.05, 4.69) is 10.2 Å². The van der Waals surface area contributed by atoms with Gasteiger partial charge in [-0.05, 0) is 24.3 Å². The van der Waals surface area contributed by atoms with E-state index in [1.165, 1.54) is 23.9 Å². The van der Waals surface area contributed by atoms with Crippen molar-refractivity contribution in [3.05, 3.63) is 62.7 Å². The number of hydrogen-bond acceptors (Lipinski definition) is 8. The Bertz CT molecular complexity index is 1090. The van der Waals surface area contributed by atoms with E-state index in [0.29, 0.717) is 51.8 Å². The lowest BCUT2D eigenvalue weighted by molar-refractivity contribution is -0.385. The Hall–Kier alpha value is -2.66. The third-order valence-electron chi connectivity index (χ3n) is 4.68. The van der Waals surface area contributed by atoms with Crippen molar-refractivity contribution in [2.75, 3.05) is 20.5 Å². The number of benzene rings is 2. The molecule has 0 fully saturated rings. The first-order valence-electron chi connectivity index (χ1n) is 9.38. The molecule has 31 heavy (non-hydrogen) atoms. The van der Waals surface area contributed by atoms with Gasteiger partial charge in [0.1, 0.15) is 5.75 Å². The van der Waals surface area contributed by atoms with E-state index >= 15 is 0 Å². The van der Waals surface area contributed by atoms with Gasteiger partial charge >= 0.3 is 0 Å². The molecule has 3 aromatic rings. The van der Waals surface area contributed by atoms with Crippen molar-refractivity contribution in [2.24, 2.45) is 0 Å². The lowest BCUT2D eigenvalue weighted by atomic mass is 10.1. The van der Waals surface area contributed by atoms with Gasteiger partial charge < -0.3 is 14.2 Å². The number of thioether (sulfide) groups is 1. The second kappa shape index (κ2) is 9.65. The van der Waals surface area contributed by atoms with Crippen molar-refractivity contribution in [3.8, 4) is 17.1 Å². The summed E-state index contributed by atoms with van der Waals surface area (Å²) >= 11 is 7.43. The molecule has 9 nitrogen and oxygen atoms in total. The van der Waals surface area contributed by atoms with E-state index in [1.54, 1.807) is 19.2 Å². The topological polar surface area (TPSA) is 102 Å². The molecule has 0 saturated carbocycles. The van der Waals surface area contributed by atoms with Crippen LogP contribution in [0.3, 0.4) is 0 Å². The largest absolute Gasteiger partial charge is 0.467 e. The van der Waals surface area contributed by atoms with Gasteiger partial charge in [-0.3, -0.25) is 14.7 Å². The molecular weight excluding hydrogens is 444 g/mol. The highest BCUT2D eigenvalue weighted by Gasteiger charge is 2.22. The number of nitro groups is 1. The number of rotatable bonds is 8. The smallest absolute Gasteiger partial charge is 0.270 e. The minimum Gasteiger partial charge on any atom is -0.467 e. The summed E-state index contributed by atoms with van der Waals surface area (Å²) in [7, 11) is 1.63. The van der Waals surface area contributed by atoms with E-state index in [0.717, 1.165) is 5.56 Å². The molecule has 0 bridgehead atoms. The second-order valence-corrected chi connectivity index (χ2v) is 8.09. The predicted molar refractivity (Wildman–Crippen MR) is 115 cm³/mol. The summed E-state index contributed by atoms with van der Waals surface area (Å²) in [6.07, 6.45) is 0. The quantitative estimate of drug-likeness (QED) is 0.277. The number of nitro benzene ring substituents is 1. The summed E-state index contributed by atoms with van der Waals surface area (Å²) in [5.74, 6) is 1.75. The van der Waals surface area contributed by atoms with Gasteiger partial charge in [0.2, 0.25) is 0 Å². The third kappa shape index (κ3) is 4.82. The number of methoxy groups -OCH3 is 1. The van der Waals surface area contributed by atoms with Gasteiger partial charge in [0.25, 0.3) is 5.69 Å². The highest BCUT2D eigenvalue weighted by Crippen LogP contribution is 2.36. The third-order valence-corrected chi connectivity index (χ3v) is 5.95. The van der Waals surface area contributed by atoms with Gasteiger partial charge in [-0.25, -0.2) is 0 Å². The summed E-state index contributed by atoms with van der Waals surface area (Å²) in [4.78, 5) is 10.9. The molecule has 0 N–H and O–H groups in total. The SMILES string of the molecule is COCCn1c(SCc2cc([N+](=O)[O-])cc3c2OCOC3)nnc1-c1ccc(Cl)cc1. The van der Waals surface area contributed by atoms with Crippen LogP contribution in [0.15, 0.2) is 41.6 Å². The number of fused-ring (bicyclic) bond motifs is 1. The predicted octanol–water partition coefficient (Wildman–Crippen LogP) is 4.31. The maximum absolute atomic E-state index is 11.3. The van der Waals surface area contributed by atoms with Crippen LogP contribution >= 0.6 is 23.4 Å². The van der Waals surface area contributed by atoms with Crippen molar-refractivity contribution >= 4 is 29.1 Å². The molecule has 0 radical (unpaired) electrons. The molecule has 1 aliphatic rings. The number of hydrogen-bond donors (Lipinski definition) is 0. The summed E-state index contributed by atoms with van der Waals surface area (Å²) < 4.78 is 18.1. The van der Waals surface area contributed by atoms with Crippen LogP contribution in [-0.2, 0) is 28.4 Å². The van der Waals surface area contributed by atoms with E-state index in [4.69, 9.17) is 25.8 Å². The monoisotopic (exact) mass is 462 g/mol. The van der Waals surface area contributed by atoms with Crippen molar-refractivity contribution < 1.29 is 19.1 Å². The molecule has 0 amide bonds. The van der Waals surface area contributed by atoms with Crippen LogP contribution in [0.5, 0.6) is 5.75 Å². The Labute approximate surface area is 187 Å². The minimum absolute atomic E-state index is 0.00570. The summed E-state index contributed by atoms with van der Waals surface area (Å²) in [5.41, 5.74) is 2.27. The lowest BCUT2D eigenvalue weighted by Crippen LogP contribution is -2.13. The van der Waals surface area contributed by atoms with Gasteiger partial charge in [0, 0.05) is 46.7 Å².